The zero-order chi connectivity index (χ0) is 24.2. The molecule has 0 radical (unpaired) electrons. The van der Waals surface area contributed by atoms with Gasteiger partial charge in [0.05, 0.1) is 5.41 Å². The van der Waals surface area contributed by atoms with Crippen molar-refractivity contribution in [1.29, 1.82) is 0 Å². The van der Waals surface area contributed by atoms with Gasteiger partial charge in [0, 0.05) is 5.41 Å². The topological polar surface area (TPSA) is 54.4 Å². The van der Waals surface area contributed by atoms with Crippen LogP contribution < -0.4 is 0 Å². The highest BCUT2D eigenvalue weighted by molar-refractivity contribution is 5.95. The molecule has 0 aromatic heterocycles. The van der Waals surface area contributed by atoms with Gasteiger partial charge in [-0.15, -0.1) is 0 Å². The van der Waals surface area contributed by atoms with E-state index in [0.29, 0.717) is 23.7 Å². The van der Waals surface area contributed by atoms with E-state index in [1.165, 1.54) is 5.57 Å². The fraction of sp³-hybridized carbons (Fsp3) is 0.800. The lowest BCUT2D eigenvalue weighted by atomic mass is 9.34. The lowest BCUT2D eigenvalue weighted by molar-refractivity contribution is -0.176. The number of hydrogen-bond acceptors (Lipinski definition) is 2. The van der Waals surface area contributed by atoms with E-state index in [0.717, 1.165) is 44.9 Å². The van der Waals surface area contributed by atoms with Gasteiger partial charge in [-0.2, -0.15) is 0 Å². The number of carboxylic acid groups (broad SMARTS) is 1. The molecular weight excluding hydrogens is 408 g/mol. The van der Waals surface area contributed by atoms with Gasteiger partial charge in [-0.3, -0.25) is 9.59 Å². The highest BCUT2D eigenvalue weighted by Gasteiger charge is 2.69. The highest BCUT2D eigenvalue weighted by Crippen LogP contribution is 2.74. The zero-order valence-corrected chi connectivity index (χ0v) is 21.8. The van der Waals surface area contributed by atoms with Gasteiger partial charge >= 0.3 is 5.97 Å². The van der Waals surface area contributed by atoms with Crippen LogP contribution in [0.25, 0.3) is 0 Å². The van der Waals surface area contributed by atoms with E-state index in [9.17, 15) is 14.7 Å². The number of rotatable bonds is 1. The normalized spacial score (nSPS) is 52.6. The number of carboxylic acids is 1. The lowest BCUT2D eigenvalue weighted by Gasteiger charge is -2.70. The van der Waals surface area contributed by atoms with Crippen LogP contribution in [0.2, 0.25) is 0 Å². The molecule has 3 heteroatoms. The van der Waals surface area contributed by atoms with Crippen LogP contribution in [0, 0.1) is 56.7 Å². The van der Waals surface area contributed by atoms with Crippen molar-refractivity contribution in [2.75, 3.05) is 0 Å². The summed E-state index contributed by atoms with van der Waals surface area (Å²) in [4.78, 5) is 25.6. The van der Waals surface area contributed by atoms with Gasteiger partial charge < -0.3 is 5.11 Å². The average molecular weight is 453 g/mol. The molecule has 3 nitrogen and oxygen atoms in total. The first-order valence-electron chi connectivity index (χ1n) is 13.4. The zero-order valence-electron chi connectivity index (χ0n) is 21.8. The van der Waals surface area contributed by atoms with E-state index in [-0.39, 0.29) is 33.4 Å². The molecule has 0 heterocycles. The molecular formula is C30H44O3. The van der Waals surface area contributed by atoms with Gasteiger partial charge in [0.2, 0.25) is 0 Å². The molecule has 9 atom stereocenters. The fourth-order valence-corrected chi connectivity index (χ4v) is 10.2. The highest BCUT2D eigenvalue weighted by atomic mass is 16.4. The number of carbonyl (C=O) groups is 2. The van der Waals surface area contributed by atoms with Crippen LogP contribution in [0.15, 0.2) is 23.8 Å². The molecule has 0 amide bonds. The third-order valence-electron chi connectivity index (χ3n) is 12.7. The van der Waals surface area contributed by atoms with Crippen molar-refractivity contribution in [1.82, 2.24) is 0 Å². The van der Waals surface area contributed by atoms with Crippen LogP contribution in [-0.4, -0.2) is 16.9 Å². The Bertz CT molecular complexity index is 958. The number of aliphatic carboxylic acids is 1. The first kappa shape index (κ1) is 23.4. The summed E-state index contributed by atoms with van der Waals surface area (Å²) in [6.07, 6.45) is 13.5. The minimum absolute atomic E-state index is 0.00224. The van der Waals surface area contributed by atoms with Gasteiger partial charge in [-0.1, -0.05) is 66.2 Å². The largest absolute Gasteiger partial charge is 0.481 e. The second-order valence-electron chi connectivity index (χ2n) is 13.9. The molecule has 5 rings (SSSR count). The van der Waals surface area contributed by atoms with Crippen molar-refractivity contribution in [3.8, 4) is 0 Å². The molecule has 1 N–H and O–H groups in total. The summed E-state index contributed by atoms with van der Waals surface area (Å²) in [7, 11) is 0. The number of hydrogen-bond donors (Lipinski definition) is 1. The first-order chi connectivity index (χ1) is 15.3. The molecule has 33 heavy (non-hydrogen) atoms. The Labute approximate surface area is 200 Å². The van der Waals surface area contributed by atoms with E-state index >= 15 is 0 Å². The van der Waals surface area contributed by atoms with Crippen molar-refractivity contribution in [3.05, 3.63) is 23.8 Å². The molecule has 3 saturated carbocycles. The quantitative estimate of drug-likeness (QED) is 0.433. The third kappa shape index (κ3) is 2.63. The maximum absolute atomic E-state index is 12.8. The maximum Gasteiger partial charge on any atom is 0.310 e. The Hall–Kier alpha value is -1.38. The molecule has 0 aromatic rings. The lowest BCUT2D eigenvalue weighted by Crippen LogP contribution is -2.64. The second-order valence-corrected chi connectivity index (χ2v) is 13.9. The van der Waals surface area contributed by atoms with Crippen molar-refractivity contribution in [2.24, 2.45) is 56.7 Å². The van der Waals surface area contributed by atoms with Crippen LogP contribution in [0.3, 0.4) is 0 Å². The van der Waals surface area contributed by atoms with Crippen LogP contribution in [0.5, 0.6) is 0 Å². The molecule has 5 aliphatic rings. The van der Waals surface area contributed by atoms with Gasteiger partial charge in [0.15, 0.2) is 5.78 Å². The average Bonchev–Trinajstić information content (AvgIpc) is 2.74. The molecule has 0 aromatic carbocycles. The molecule has 0 aliphatic heterocycles. The van der Waals surface area contributed by atoms with Crippen molar-refractivity contribution < 1.29 is 14.7 Å². The summed E-state index contributed by atoms with van der Waals surface area (Å²) >= 11 is 0. The first-order valence-corrected chi connectivity index (χ1v) is 13.4. The summed E-state index contributed by atoms with van der Waals surface area (Å²) in [5.74, 6) is 1.69. The molecule has 1 unspecified atom stereocenters. The molecule has 0 saturated heterocycles. The Balaban J connectivity index is 1.64. The summed E-state index contributed by atoms with van der Waals surface area (Å²) in [6.45, 7) is 16.4. The number of allylic oxidation sites excluding steroid dienone is 4. The predicted octanol–water partition coefficient (Wildman–Crippen LogP) is 7.07. The Morgan fingerprint density at radius 2 is 1.67 bits per heavy atom. The van der Waals surface area contributed by atoms with Gasteiger partial charge in [-0.25, -0.2) is 0 Å². The standard InChI is InChI=1S/C30H44O3/c1-18-10-15-30(25(32)33)17-16-28(6)20(24(30)19(18)2)8-9-22-27(5)13-12-23(31)26(3,4)21(27)11-14-29(22,28)7/h8,12-13,18-19,21-22,24H,9-11,14-17H2,1-7H3,(H,32,33)/t18-,19+,21+,22-,24?,27+,28-,29-,30+/m1/s1. The predicted molar refractivity (Wildman–Crippen MR) is 132 cm³/mol. The number of fused-ring (bicyclic) bond motifs is 7. The SMILES string of the molecule is C[C@@H]1CC[C@]2(C(=O)O)CC[C@]3(C)C(=CC[C@@H]4[C@@]5(C)C=CC(=O)C(C)(C)[C@@H]5CC[C@]43C)C2[C@H]1C. The maximum atomic E-state index is 12.8. The summed E-state index contributed by atoms with van der Waals surface area (Å²) in [6, 6.07) is 0. The summed E-state index contributed by atoms with van der Waals surface area (Å²) in [5, 5.41) is 10.5. The van der Waals surface area contributed by atoms with Crippen molar-refractivity contribution >= 4 is 11.8 Å². The van der Waals surface area contributed by atoms with E-state index in [1.54, 1.807) is 0 Å². The van der Waals surface area contributed by atoms with Crippen molar-refractivity contribution in [3.63, 3.8) is 0 Å². The number of carbonyl (C=O) groups excluding carboxylic acids is 1. The Morgan fingerprint density at radius 1 is 0.970 bits per heavy atom. The van der Waals surface area contributed by atoms with Gasteiger partial charge in [0.25, 0.3) is 0 Å². The van der Waals surface area contributed by atoms with Gasteiger partial charge in [-0.05, 0) is 96.9 Å². The van der Waals surface area contributed by atoms with E-state index < -0.39 is 11.4 Å². The van der Waals surface area contributed by atoms with Crippen molar-refractivity contribution in [2.45, 2.75) is 93.4 Å². The Kier molecular flexibility index (Phi) is 4.85. The molecule has 5 aliphatic carbocycles. The summed E-state index contributed by atoms with van der Waals surface area (Å²) in [5.41, 5.74) is 0.731. The second kappa shape index (κ2) is 6.85. The van der Waals surface area contributed by atoms with E-state index in [1.807, 2.05) is 6.08 Å². The van der Waals surface area contributed by atoms with Gasteiger partial charge in [0.1, 0.15) is 0 Å². The van der Waals surface area contributed by atoms with Crippen LogP contribution in [0.1, 0.15) is 93.4 Å². The smallest absolute Gasteiger partial charge is 0.310 e. The van der Waals surface area contributed by atoms with Crippen LogP contribution in [-0.2, 0) is 9.59 Å². The monoisotopic (exact) mass is 452 g/mol. The van der Waals surface area contributed by atoms with Crippen LogP contribution in [0.4, 0.5) is 0 Å². The number of ketones is 1. The molecule has 0 bridgehead atoms. The fourth-order valence-electron chi connectivity index (χ4n) is 10.2. The molecule has 0 spiro atoms. The Morgan fingerprint density at radius 3 is 2.33 bits per heavy atom. The van der Waals surface area contributed by atoms with Crippen LogP contribution >= 0.6 is 0 Å². The van der Waals surface area contributed by atoms with E-state index in [2.05, 4.69) is 60.6 Å². The molecule has 3 fully saturated rings. The third-order valence-corrected chi connectivity index (χ3v) is 12.7. The minimum atomic E-state index is -0.583. The molecule has 182 valence electrons. The summed E-state index contributed by atoms with van der Waals surface area (Å²) < 4.78 is 0. The van der Waals surface area contributed by atoms with E-state index in [4.69, 9.17) is 0 Å². The minimum Gasteiger partial charge on any atom is -0.481 e.